The molecule has 0 saturated heterocycles. The summed E-state index contributed by atoms with van der Waals surface area (Å²) >= 11 is 0. The SMILES string of the molecule is CC(=NO)C(C)=NNC(O)=C1C=CC=C1.[Fe].c1cc[cH-]c1. The summed E-state index contributed by atoms with van der Waals surface area (Å²) in [6, 6.07) is 10.0. The average Bonchev–Trinajstić information content (AvgIpc) is 3.18. The van der Waals surface area contributed by atoms with Gasteiger partial charge in [-0.05, 0) is 26.0 Å². The second-order valence-corrected chi connectivity index (χ2v) is 3.98. The maximum Gasteiger partial charge on any atom is 0.212 e. The van der Waals surface area contributed by atoms with E-state index >= 15 is 0 Å². The summed E-state index contributed by atoms with van der Waals surface area (Å²) in [5, 5.41) is 24.8. The van der Waals surface area contributed by atoms with E-state index in [-0.39, 0.29) is 23.0 Å². The van der Waals surface area contributed by atoms with Crippen molar-refractivity contribution in [3.8, 4) is 0 Å². The van der Waals surface area contributed by atoms with Crippen molar-refractivity contribution in [2.24, 2.45) is 10.3 Å². The van der Waals surface area contributed by atoms with Crippen molar-refractivity contribution in [1.82, 2.24) is 5.43 Å². The predicted octanol–water partition coefficient (Wildman–Crippen LogP) is 3.10. The molecule has 0 heterocycles. The molecule has 1 aliphatic carbocycles. The van der Waals surface area contributed by atoms with E-state index in [1.54, 1.807) is 26.0 Å². The number of nitrogens with one attached hydrogen (secondary N) is 1. The second kappa shape index (κ2) is 10.6. The topological polar surface area (TPSA) is 77.2 Å². The summed E-state index contributed by atoms with van der Waals surface area (Å²) in [5.41, 5.74) is 4.01. The number of rotatable bonds is 3. The van der Waals surface area contributed by atoms with Gasteiger partial charge in [-0.25, -0.2) is 17.6 Å². The zero-order chi connectivity index (χ0) is 14.8. The number of aliphatic hydroxyl groups is 1. The molecule has 1 aromatic carbocycles. The van der Waals surface area contributed by atoms with Gasteiger partial charge >= 0.3 is 0 Å². The third-order valence-corrected chi connectivity index (χ3v) is 2.49. The van der Waals surface area contributed by atoms with Crippen LogP contribution in [-0.2, 0) is 17.1 Å². The van der Waals surface area contributed by atoms with Crippen LogP contribution in [0.3, 0.4) is 0 Å². The molecule has 0 spiro atoms. The zero-order valence-corrected chi connectivity index (χ0v) is 12.9. The van der Waals surface area contributed by atoms with E-state index in [0.717, 1.165) is 0 Å². The van der Waals surface area contributed by atoms with Gasteiger partial charge in [0.2, 0.25) is 5.88 Å². The molecule has 5 nitrogen and oxygen atoms in total. The van der Waals surface area contributed by atoms with Crippen LogP contribution in [0.25, 0.3) is 0 Å². The normalized spacial score (nSPS) is 13.3. The fourth-order valence-corrected chi connectivity index (χ4v) is 1.21. The Kier molecular flexibility index (Phi) is 9.50. The third-order valence-electron chi connectivity index (χ3n) is 2.49. The first-order valence-corrected chi connectivity index (χ1v) is 6.09. The van der Waals surface area contributed by atoms with Gasteiger partial charge in [-0.2, -0.15) is 23.3 Å². The van der Waals surface area contributed by atoms with E-state index < -0.39 is 0 Å². The van der Waals surface area contributed by atoms with Gasteiger partial charge < -0.3 is 10.3 Å². The molecule has 0 unspecified atom stereocenters. The molecule has 21 heavy (non-hydrogen) atoms. The van der Waals surface area contributed by atoms with Crippen LogP contribution in [-0.4, -0.2) is 21.7 Å². The molecule has 0 fully saturated rings. The van der Waals surface area contributed by atoms with Gasteiger partial charge in [-0.1, -0.05) is 17.3 Å². The number of oxime groups is 1. The molecule has 0 saturated carbocycles. The van der Waals surface area contributed by atoms with Crippen LogP contribution in [0.2, 0.25) is 0 Å². The maximum atomic E-state index is 9.51. The molecule has 2 rings (SSSR count). The number of hydrogen-bond donors (Lipinski definition) is 3. The van der Waals surface area contributed by atoms with Crippen LogP contribution >= 0.6 is 0 Å². The Morgan fingerprint density at radius 3 is 2.10 bits per heavy atom. The van der Waals surface area contributed by atoms with Crippen LogP contribution in [0.1, 0.15) is 13.8 Å². The van der Waals surface area contributed by atoms with Crippen molar-refractivity contribution in [1.29, 1.82) is 0 Å². The van der Waals surface area contributed by atoms with Gasteiger partial charge in [0.15, 0.2) is 0 Å². The molecule has 0 amide bonds. The molecule has 0 bridgehead atoms. The van der Waals surface area contributed by atoms with Crippen molar-refractivity contribution >= 4 is 11.4 Å². The number of aliphatic hydroxyl groups excluding tert-OH is 1. The number of hydrazone groups is 1. The third kappa shape index (κ3) is 7.25. The van der Waals surface area contributed by atoms with E-state index in [4.69, 9.17) is 5.21 Å². The number of nitrogens with zero attached hydrogens (tertiary/aromatic N) is 2. The monoisotopic (exact) mass is 328 g/mol. The molecular weight excluding hydrogens is 310 g/mol. The summed E-state index contributed by atoms with van der Waals surface area (Å²) < 4.78 is 0. The number of allylic oxidation sites excluding steroid dienone is 5. The van der Waals surface area contributed by atoms with Crippen LogP contribution in [0.4, 0.5) is 0 Å². The molecule has 0 aliphatic heterocycles. The Bertz CT molecular complexity index is 524. The van der Waals surface area contributed by atoms with Gasteiger partial charge in [-0.3, -0.25) is 0 Å². The Hall–Kier alpha value is -2.17. The minimum absolute atomic E-state index is 0. The second-order valence-electron chi connectivity index (χ2n) is 3.98. The molecule has 1 aliphatic rings. The Morgan fingerprint density at radius 2 is 1.67 bits per heavy atom. The summed E-state index contributed by atoms with van der Waals surface area (Å²) in [4.78, 5) is 0. The van der Waals surface area contributed by atoms with Gasteiger partial charge in [0.05, 0.1) is 11.4 Å². The van der Waals surface area contributed by atoms with Gasteiger partial charge in [0.1, 0.15) is 0 Å². The van der Waals surface area contributed by atoms with Gasteiger partial charge in [0, 0.05) is 22.6 Å². The van der Waals surface area contributed by atoms with Crippen molar-refractivity contribution in [3.63, 3.8) is 0 Å². The Morgan fingerprint density at radius 1 is 1.10 bits per heavy atom. The van der Waals surface area contributed by atoms with E-state index in [2.05, 4.69) is 15.7 Å². The first-order chi connectivity index (χ1) is 9.65. The molecular formula is C15H18FeN3O2-. The summed E-state index contributed by atoms with van der Waals surface area (Å²) in [6.45, 7) is 3.28. The van der Waals surface area contributed by atoms with Crippen LogP contribution < -0.4 is 5.43 Å². The standard InChI is InChI=1S/C10H13N3O2.C5H5.Fe/c1-7(8(2)13-15)11-12-10(14)9-5-3-4-6-9;1-2-4-5-3-1;/h3-6,12,14-15H,1-2H3;1-5H;/q;-1;. The molecule has 0 radical (unpaired) electrons. The Labute approximate surface area is 134 Å². The van der Waals surface area contributed by atoms with Crippen LogP contribution in [0.5, 0.6) is 0 Å². The van der Waals surface area contributed by atoms with Crippen LogP contribution in [0.15, 0.2) is 76.3 Å². The smallest absolute Gasteiger partial charge is 0.212 e. The molecule has 1 aromatic rings. The molecule has 0 atom stereocenters. The summed E-state index contributed by atoms with van der Waals surface area (Å²) in [5.74, 6) is -0.0370. The maximum absolute atomic E-state index is 9.51. The van der Waals surface area contributed by atoms with E-state index in [9.17, 15) is 5.11 Å². The number of hydrogen-bond acceptors (Lipinski definition) is 5. The fraction of sp³-hybridized carbons (Fsp3) is 0.133. The van der Waals surface area contributed by atoms with Crippen molar-refractivity contribution in [2.75, 3.05) is 0 Å². The minimum Gasteiger partial charge on any atom is -0.493 e. The molecule has 3 N–H and O–H groups in total. The molecule has 0 aromatic heterocycles. The predicted molar refractivity (Wildman–Crippen MR) is 81.1 cm³/mol. The van der Waals surface area contributed by atoms with Gasteiger partial charge in [0.25, 0.3) is 0 Å². The van der Waals surface area contributed by atoms with Crippen molar-refractivity contribution in [2.45, 2.75) is 13.8 Å². The van der Waals surface area contributed by atoms with Crippen molar-refractivity contribution < 1.29 is 27.4 Å². The molecule has 114 valence electrons. The first kappa shape index (κ1) is 18.8. The van der Waals surface area contributed by atoms with E-state index in [0.29, 0.717) is 17.0 Å². The van der Waals surface area contributed by atoms with E-state index in [1.165, 1.54) is 0 Å². The zero-order valence-electron chi connectivity index (χ0n) is 11.8. The molecule has 6 heteroatoms. The average molecular weight is 328 g/mol. The van der Waals surface area contributed by atoms with Crippen molar-refractivity contribution in [3.05, 3.63) is 66.1 Å². The Balaban J connectivity index is 0.000000562. The quantitative estimate of drug-likeness (QED) is 0.199. The minimum atomic E-state index is -0.0370. The largest absolute Gasteiger partial charge is 0.493 e. The van der Waals surface area contributed by atoms with Crippen LogP contribution in [0, 0.1) is 0 Å². The fourth-order valence-electron chi connectivity index (χ4n) is 1.21. The van der Waals surface area contributed by atoms with E-state index in [1.807, 2.05) is 42.5 Å². The first-order valence-electron chi connectivity index (χ1n) is 6.09. The summed E-state index contributed by atoms with van der Waals surface area (Å²) in [6.07, 6.45) is 7.12. The van der Waals surface area contributed by atoms with Gasteiger partial charge in [-0.15, -0.1) is 0 Å². The summed E-state index contributed by atoms with van der Waals surface area (Å²) in [7, 11) is 0.